The van der Waals surface area contributed by atoms with Crippen LogP contribution >= 0.6 is 11.6 Å². The molecule has 1 aromatic carbocycles. The highest BCUT2D eigenvalue weighted by Crippen LogP contribution is 2.31. The maximum absolute atomic E-state index is 11.6. The number of nitrogens with one attached hydrogen (secondary N) is 1. The highest BCUT2D eigenvalue weighted by molar-refractivity contribution is 6.33. The molecule has 3 rings (SSSR count). The van der Waals surface area contributed by atoms with Gasteiger partial charge in [-0.3, -0.25) is 4.79 Å². The van der Waals surface area contributed by atoms with E-state index >= 15 is 0 Å². The lowest BCUT2D eigenvalue weighted by Gasteiger charge is -2.03. The third-order valence-corrected chi connectivity index (χ3v) is 3.04. The molecule has 0 bridgehead atoms. The molecule has 90 valence electrons. The van der Waals surface area contributed by atoms with Gasteiger partial charge in [0.05, 0.1) is 10.4 Å². The number of hydrogen-bond donors (Lipinski definition) is 1. The van der Waals surface area contributed by atoms with E-state index in [4.69, 9.17) is 16.1 Å². The topological polar surface area (TPSA) is 71.8 Å². The molecule has 0 saturated carbocycles. The summed E-state index contributed by atoms with van der Waals surface area (Å²) in [6, 6.07) is 7.27. The zero-order chi connectivity index (χ0) is 12.7. The number of aromatic nitrogens is 3. The van der Waals surface area contributed by atoms with Crippen molar-refractivity contribution >= 4 is 22.5 Å². The summed E-state index contributed by atoms with van der Waals surface area (Å²) < 4.78 is 5.04. The molecule has 1 N–H and O–H groups in total. The molecule has 0 aliphatic carbocycles. The zero-order valence-electron chi connectivity index (χ0n) is 9.40. The normalized spacial score (nSPS) is 11.0. The van der Waals surface area contributed by atoms with E-state index < -0.39 is 0 Å². The van der Waals surface area contributed by atoms with E-state index in [0.29, 0.717) is 21.9 Å². The van der Waals surface area contributed by atoms with Crippen LogP contribution in [0.1, 0.15) is 5.76 Å². The predicted octanol–water partition coefficient (Wildman–Crippen LogP) is 2.54. The fourth-order valence-corrected chi connectivity index (χ4v) is 2.09. The smallest absolute Gasteiger partial charge is 0.294 e. The molecular weight excluding hydrogens is 254 g/mol. The van der Waals surface area contributed by atoms with Crippen molar-refractivity contribution in [3.05, 3.63) is 45.4 Å². The average molecular weight is 262 g/mol. The van der Waals surface area contributed by atoms with Crippen molar-refractivity contribution in [2.45, 2.75) is 6.92 Å². The second-order valence-electron chi connectivity index (χ2n) is 3.84. The zero-order valence-corrected chi connectivity index (χ0v) is 10.2. The average Bonchev–Trinajstić information content (AvgIpc) is 2.75. The van der Waals surface area contributed by atoms with Crippen LogP contribution in [0.15, 0.2) is 33.6 Å². The number of halogens is 1. The van der Waals surface area contributed by atoms with E-state index in [-0.39, 0.29) is 11.1 Å². The predicted molar refractivity (Wildman–Crippen MR) is 67.6 cm³/mol. The van der Waals surface area contributed by atoms with Gasteiger partial charge in [-0.1, -0.05) is 35.0 Å². The van der Waals surface area contributed by atoms with Crippen molar-refractivity contribution in [2.24, 2.45) is 0 Å². The van der Waals surface area contributed by atoms with Gasteiger partial charge in [0, 0.05) is 5.56 Å². The van der Waals surface area contributed by atoms with Crippen LogP contribution in [0.2, 0.25) is 5.02 Å². The monoisotopic (exact) mass is 261 g/mol. The molecule has 0 saturated heterocycles. The first-order valence-electron chi connectivity index (χ1n) is 5.28. The summed E-state index contributed by atoms with van der Waals surface area (Å²) in [6.07, 6.45) is 0. The van der Waals surface area contributed by atoms with Crippen LogP contribution in [0.5, 0.6) is 0 Å². The van der Waals surface area contributed by atoms with Crippen molar-refractivity contribution in [1.82, 2.24) is 15.4 Å². The first-order valence-corrected chi connectivity index (χ1v) is 5.66. The van der Waals surface area contributed by atoms with Crippen molar-refractivity contribution < 1.29 is 4.52 Å². The fourth-order valence-electron chi connectivity index (χ4n) is 1.87. The molecule has 0 amide bonds. The number of nitrogens with zero attached hydrogens (tertiary/aromatic N) is 2. The molecule has 0 aliphatic heterocycles. The molecule has 3 aromatic rings. The Morgan fingerprint density at radius 1 is 1.33 bits per heavy atom. The van der Waals surface area contributed by atoms with Crippen LogP contribution in [0.25, 0.3) is 22.2 Å². The van der Waals surface area contributed by atoms with Gasteiger partial charge in [-0.15, -0.1) is 0 Å². The Labute approximate surface area is 106 Å². The number of aromatic amines is 1. The molecule has 0 spiro atoms. The molecular formula is C12H8ClN3O2. The molecule has 18 heavy (non-hydrogen) atoms. The van der Waals surface area contributed by atoms with Gasteiger partial charge in [-0.05, 0) is 13.0 Å². The van der Waals surface area contributed by atoms with Crippen molar-refractivity contribution in [2.75, 3.05) is 0 Å². The first-order chi connectivity index (χ1) is 8.68. The number of aryl methyl sites for hydroxylation is 1. The van der Waals surface area contributed by atoms with E-state index in [1.807, 2.05) is 18.2 Å². The van der Waals surface area contributed by atoms with Crippen molar-refractivity contribution in [3.8, 4) is 11.3 Å². The Bertz CT molecular complexity index is 791. The molecule has 6 heteroatoms. The summed E-state index contributed by atoms with van der Waals surface area (Å²) in [5.41, 5.74) is 1.15. The minimum absolute atomic E-state index is 0.234. The molecule has 5 nitrogen and oxygen atoms in total. The van der Waals surface area contributed by atoms with Crippen LogP contribution in [0.3, 0.4) is 0 Å². The number of fused-ring (bicyclic) bond motifs is 1. The minimum Gasteiger partial charge on any atom is -0.360 e. The van der Waals surface area contributed by atoms with Gasteiger partial charge in [-0.2, -0.15) is 5.10 Å². The standard InChI is InChI=1S/C12H8ClN3O2/c1-6-9-10(7-4-2-3-5-8(7)13)14-15-12(17)11(9)16-18-6/h2-5H,1H3,(H,15,17). The lowest BCUT2D eigenvalue weighted by molar-refractivity contribution is 0.405. The van der Waals surface area contributed by atoms with E-state index in [2.05, 4.69) is 15.4 Å². The summed E-state index contributed by atoms with van der Waals surface area (Å²) in [5.74, 6) is 0.540. The molecule has 0 fully saturated rings. The van der Waals surface area contributed by atoms with Crippen LogP contribution in [0.4, 0.5) is 0 Å². The van der Waals surface area contributed by atoms with Crippen LogP contribution in [-0.2, 0) is 0 Å². The minimum atomic E-state index is -0.377. The Hall–Kier alpha value is -2.14. The molecule has 0 radical (unpaired) electrons. The highest BCUT2D eigenvalue weighted by atomic mass is 35.5. The molecule has 0 aliphatic rings. The third-order valence-electron chi connectivity index (χ3n) is 2.71. The second kappa shape index (κ2) is 3.96. The van der Waals surface area contributed by atoms with Crippen LogP contribution < -0.4 is 5.56 Å². The van der Waals surface area contributed by atoms with Gasteiger partial charge >= 0.3 is 0 Å². The summed E-state index contributed by atoms with van der Waals surface area (Å²) in [5, 5.41) is 11.3. The lowest BCUT2D eigenvalue weighted by Crippen LogP contribution is -2.09. The SMILES string of the molecule is Cc1onc2c(=O)[nH]nc(-c3ccccc3Cl)c12. The Morgan fingerprint density at radius 2 is 2.11 bits per heavy atom. The summed E-state index contributed by atoms with van der Waals surface area (Å²) >= 11 is 6.14. The summed E-state index contributed by atoms with van der Waals surface area (Å²) in [4.78, 5) is 11.6. The van der Waals surface area contributed by atoms with Gasteiger partial charge in [0.1, 0.15) is 11.5 Å². The number of benzene rings is 1. The Balaban J connectivity index is 2.44. The van der Waals surface area contributed by atoms with Crippen molar-refractivity contribution in [1.29, 1.82) is 0 Å². The maximum atomic E-state index is 11.6. The largest absolute Gasteiger partial charge is 0.360 e. The molecule has 0 unspecified atom stereocenters. The quantitative estimate of drug-likeness (QED) is 0.731. The molecule has 2 aromatic heterocycles. The van der Waals surface area contributed by atoms with E-state index in [0.717, 1.165) is 5.56 Å². The summed E-state index contributed by atoms with van der Waals surface area (Å²) in [6.45, 7) is 1.73. The van der Waals surface area contributed by atoms with E-state index in [1.54, 1.807) is 13.0 Å². The van der Waals surface area contributed by atoms with E-state index in [1.165, 1.54) is 0 Å². The van der Waals surface area contributed by atoms with Crippen LogP contribution in [0, 0.1) is 6.92 Å². The molecule has 0 atom stereocenters. The highest BCUT2D eigenvalue weighted by Gasteiger charge is 2.17. The molecule has 2 heterocycles. The second-order valence-corrected chi connectivity index (χ2v) is 4.25. The maximum Gasteiger partial charge on any atom is 0.294 e. The van der Waals surface area contributed by atoms with Gasteiger partial charge < -0.3 is 4.52 Å². The third kappa shape index (κ3) is 1.52. The number of rotatable bonds is 1. The van der Waals surface area contributed by atoms with E-state index in [9.17, 15) is 4.79 Å². The fraction of sp³-hybridized carbons (Fsp3) is 0.0833. The number of hydrogen-bond acceptors (Lipinski definition) is 4. The van der Waals surface area contributed by atoms with Crippen LogP contribution in [-0.4, -0.2) is 15.4 Å². The van der Waals surface area contributed by atoms with Crippen molar-refractivity contribution in [3.63, 3.8) is 0 Å². The summed E-state index contributed by atoms with van der Waals surface area (Å²) in [7, 11) is 0. The van der Waals surface area contributed by atoms with Gasteiger partial charge in [0.25, 0.3) is 5.56 Å². The van der Waals surface area contributed by atoms with Gasteiger partial charge in [0.2, 0.25) is 0 Å². The number of H-pyrrole nitrogens is 1. The van der Waals surface area contributed by atoms with Gasteiger partial charge in [0.15, 0.2) is 5.52 Å². The van der Waals surface area contributed by atoms with Gasteiger partial charge in [-0.25, -0.2) is 5.10 Å². The lowest BCUT2D eigenvalue weighted by atomic mass is 10.1. The Kier molecular flexibility index (Phi) is 2.41. The Morgan fingerprint density at radius 3 is 2.89 bits per heavy atom. The first kappa shape index (κ1) is 11.0.